The first-order chi connectivity index (χ1) is 7.69. The number of benzene rings is 1. The summed E-state index contributed by atoms with van der Waals surface area (Å²) in [5.41, 5.74) is 1.33. The molecule has 2 nitrogen and oxygen atoms in total. The Morgan fingerprint density at radius 3 is 2.69 bits per heavy atom. The molecule has 0 saturated heterocycles. The topological polar surface area (TPSA) is 33.4 Å². The van der Waals surface area contributed by atoms with Crippen LogP contribution in [-0.4, -0.2) is 5.11 Å². The zero-order chi connectivity index (χ0) is 11.2. The maximum atomic E-state index is 10.5. The van der Waals surface area contributed by atoms with Crippen molar-refractivity contribution in [1.82, 2.24) is 0 Å². The number of aliphatic hydroxyl groups is 1. The first-order valence-corrected chi connectivity index (χ1v) is 5.91. The molecule has 84 valence electrons. The Hall–Kier alpha value is -1.28. The van der Waals surface area contributed by atoms with Crippen molar-refractivity contribution >= 4 is 11.0 Å². The summed E-state index contributed by atoms with van der Waals surface area (Å²) in [7, 11) is 0. The molecule has 0 unspecified atom stereocenters. The van der Waals surface area contributed by atoms with E-state index in [0.717, 1.165) is 48.0 Å². The van der Waals surface area contributed by atoms with Gasteiger partial charge in [-0.3, -0.25) is 0 Å². The molecule has 1 aliphatic carbocycles. The van der Waals surface area contributed by atoms with E-state index in [1.165, 1.54) is 0 Å². The summed E-state index contributed by atoms with van der Waals surface area (Å²) in [4.78, 5) is 0. The van der Waals surface area contributed by atoms with Crippen LogP contribution in [-0.2, 0) is 5.60 Å². The molecule has 0 aliphatic heterocycles. The molecule has 1 heterocycles. The highest BCUT2D eigenvalue weighted by Crippen LogP contribution is 2.40. The van der Waals surface area contributed by atoms with Gasteiger partial charge in [0.1, 0.15) is 16.9 Å². The van der Waals surface area contributed by atoms with Gasteiger partial charge in [-0.05, 0) is 44.2 Å². The van der Waals surface area contributed by atoms with Crippen LogP contribution in [0.1, 0.15) is 37.0 Å². The number of para-hydroxylation sites is 1. The van der Waals surface area contributed by atoms with Crippen LogP contribution in [0.5, 0.6) is 0 Å². The van der Waals surface area contributed by atoms with Crippen molar-refractivity contribution < 1.29 is 9.52 Å². The monoisotopic (exact) mass is 216 g/mol. The minimum atomic E-state index is -0.717. The quantitative estimate of drug-likeness (QED) is 0.791. The summed E-state index contributed by atoms with van der Waals surface area (Å²) in [5.74, 6) is 0.745. The molecule has 1 aromatic carbocycles. The zero-order valence-electron chi connectivity index (χ0n) is 9.49. The van der Waals surface area contributed by atoms with Crippen LogP contribution < -0.4 is 0 Å². The first kappa shape index (κ1) is 9.91. The lowest BCUT2D eigenvalue weighted by Gasteiger charge is -2.18. The summed E-state index contributed by atoms with van der Waals surface area (Å²) < 4.78 is 5.84. The maximum Gasteiger partial charge on any atom is 0.137 e. The Morgan fingerprint density at radius 2 is 2.00 bits per heavy atom. The van der Waals surface area contributed by atoms with Gasteiger partial charge in [0.15, 0.2) is 0 Å². The van der Waals surface area contributed by atoms with Crippen LogP contribution in [0.25, 0.3) is 11.0 Å². The average molecular weight is 216 g/mol. The lowest BCUT2D eigenvalue weighted by atomic mass is 9.99. The van der Waals surface area contributed by atoms with E-state index < -0.39 is 5.60 Å². The highest BCUT2D eigenvalue weighted by molar-refractivity contribution is 5.81. The molecule has 1 fully saturated rings. The molecule has 0 amide bonds. The Kier molecular flexibility index (Phi) is 2.08. The highest BCUT2D eigenvalue weighted by atomic mass is 16.4. The minimum Gasteiger partial charge on any atom is -0.458 e. The van der Waals surface area contributed by atoms with Crippen LogP contribution in [0, 0.1) is 6.92 Å². The zero-order valence-corrected chi connectivity index (χ0v) is 9.49. The molecule has 0 bridgehead atoms. The van der Waals surface area contributed by atoms with Crippen molar-refractivity contribution in [3.8, 4) is 0 Å². The standard InChI is InChI=1S/C14H16O2/c1-10-5-4-6-11-9-12(16-13(10)11)14(15)7-2-3-8-14/h4-6,9,15H,2-3,7-8H2,1H3. The third kappa shape index (κ3) is 1.37. The maximum absolute atomic E-state index is 10.5. The van der Waals surface area contributed by atoms with Crippen molar-refractivity contribution in [3.63, 3.8) is 0 Å². The van der Waals surface area contributed by atoms with Crippen LogP contribution in [0.3, 0.4) is 0 Å². The van der Waals surface area contributed by atoms with Crippen LogP contribution >= 0.6 is 0 Å². The molecule has 1 saturated carbocycles. The highest BCUT2D eigenvalue weighted by Gasteiger charge is 2.36. The molecule has 0 atom stereocenters. The second-order valence-corrected chi connectivity index (χ2v) is 4.84. The van der Waals surface area contributed by atoms with Crippen molar-refractivity contribution in [2.45, 2.75) is 38.2 Å². The second kappa shape index (κ2) is 3.36. The Balaban J connectivity index is 2.15. The van der Waals surface area contributed by atoms with Gasteiger partial charge in [-0.2, -0.15) is 0 Å². The number of furan rings is 1. The summed E-state index contributed by atoms with van der Waals surface area (Å²) in [6.45, 7) is 2.04. The van der Waals surface area contributed by atoms with E-state index in [2.05, 4.69) is 0 Å². The number of aryl methyl sites for hydroxylation is 1. The average Bonchev–Trinajstić information content (AvgIpc) is 2.85. The molecule has 3 rings (SSSR count). The fourth-order valence-electron chi connectivity index (χ4n) is 2.64. The Bertz CT molecular complexity index is 519. The van der Waals surface area contributed by atoms with Crippen molar-refractivity contribution in [2.24, 2.45) is 0 Å². The van der Waals surface area contributed by atoms with Crippen molar-refractivity contribution in [2.75, 3.05) is 0 Å². The normalized spacial score (nSPS) is 19.4. The first-order valence-electron chi connectivity index (χ1n) is 5.91. The predicted molar refractivity (Wildman–Crippen MR) is 63.3 cm³/mol. The molecule has 1 aliphatic rings. The third-order valence-electron chi connectivity index (χ3n) is 3.63. The lowest BCUT2D eigenvalue weighted by molar-refractivity contribution is 0.0235. The van der Waals surface area contributed by atoms with Crippen molar-refractivity contribution in [1.29, 1.82) is 0 Å². The SMILES string of the molecule is Cc1cccc2cc(C3(O)CCCC3)oc12. The molecule has 1 aromatic heterocycles. The summed E-state index contributed by atoms with van der Waals surface area (Å²) >= 11 is 0. The molecular formula is C14H16O2. The van der Waals surface area contributed by atoms with Crippen LogP contribution in [0.15, 0.2) is 28.7 Å². The van der Waals surface area contributed by atoms with E-state index in [9.17, 15) is 5.11 Å². The van der Waals surface area contributed by atoms with Gasteiger partial charge >= 0.3 is 0 Å². The molecular weight excluding hydrogens is 200 g/mol. The van der Waals surface area contributed by atoms with E-state index in [-0.39, 0.29) is 0 Å². The number of hydrogen-bond donors (Lipinski definition) is 1. The van der Waals surface area contributed by atoms with Gasteiger partial charge in [-0.1, -0.05) is 18.2 Å². The number of rotatable bonds is 1. The van der Waals surface area contributed by atoms with E-state index in [1.54, 1.807) is 0 Å². The van der Waals surface area contributed by atoms with Gasteiger partial charge in [-0.25, -0.2) is 0 Å². The predicted octanol–water partition coefficient (Wildman–Crippen LogP) is 3.50. The molecule has 0 radical (unpaired) electrons. The minimum absolute atomic E-state index is 0.717. The van der Waals surface area contributed by atoms with E-state index in [1.807, 2.05) is 31.2 Å². The lowest BCUT2D eigenvalue weighted by Crippen LogP contribution is -2.19. The fourth-order valence-corrected chi connectivity index (χ4v) is 2.64. The molecule has 1 N–H and O–H groups in total. The third-order valence-corrected chi connectivity index (χ3v) is 3.63. The van der Waals surface area contributed by atoms with Gasteiger partial charge in [0.25, 0.3) is 0 Å². The van der Waals surface area contributed by atoms with Crippen molar-refractivity contribution in [3.05, 3.63) is 35.6 Å². The van der Waals surface area contributed by atoms with E-state index >= 15 is 0 Å². The van der Waals surface area contributed by atoms with Gasteiger partial charge in [0, 0.05) is 5.39 Å². The summed E-state index contributed by atoms with van der Waals surface area (Å²) in [6.07, 6.45) is 3.83. The Labute approximate surface area is 94.9 Å². The van der Waals surface area contributed by atoms with Gasteiger partial charge in [0.2, 0.25) is 0 Å². The van der Waals surface area contributed by atoms with E-state index in [4.69, 9.17) is 4.42 Å². The molecule has 2 heteroatoms. The smallest absolute Gasteiger partial charge is 0.137 e. The van der Waals surface area contributed by atoms with Gasteiger partial charge in [-0.15, -0.1) is 0 Å². The largest absolute Gasteiger partial charge is 0.458 e. The fraction of sp³-hybridized carbons (Fsp3) is 0.429. The molecule has 16 heavy (non-hydrogen) atoms. The second-order valence-electron chi connectivity index (χ2n) is 4.84. The number of fused-ring (bicyclic) bond motifs is 1. The van der Waals surface area contributed by atoms with Gasteiger partial charge in [0.05, 0.1) is 0 Å². The number of hydrogen-bond acceptors (Lipinski definition) is 2. The summed E-state index contributed by atoms with van der Waals surface area (Å²) in [5, 5.41) is 11.6. The molecule has 2 aromatic rings. The molecule has 0 spiro atoms. The van der Waals surface area contributed by atoms with Gasteiger partial charge < -0.3 is 9.52 Å². The Morgan fingerprint density at radius 1 is 1.25 bits per heavy atom. The van der Waals surface area contributed by atoms with Crippen LogP contribution in [0.2, 0.25) is 0 Å². The summed E-state index contributed by atoms with van der Waals surface area (Å²) in [6, 6.07) is 8.09. The van der Waals surface area contributed by atoms with E-state index in [0.29, 0.717) is 0 Å². The van der Waals surface area contributed by atoms with Crippen LogP contribution in [0.4, 0.5) is 0 Å².